The Hall–Kier alpha value is -1.37. The molecule has 1 heterocycles. The molecule has 0 aromatic heterocycles. The van der Waals surface area contributed by atoms with Crippen LogP contribution in [0.5, 0.6) is 0 Å². The summed E-state index contributed by atoms with van der Waals surface area (Å²) in [5.74, 6) is -0.627. The average molecular weight is 770 g/mol. The molecule has 0 spiro atoms. The van der Waals surface area contributed by atoms with E-state index >= 15 is 0 Å². The predicted molar refractivity (Wildman–Crippen MR) is 218 cm³/mol. The Bertz CT molecular complexity index is 916. The number of amides is 1. The van der Waals surface area contributed by atoms with E-state index in [4.69, 9.17) is 9.47 Å². The first-order chi connectivity index (χ1) is 26.3. The van der Waals surface area contributed by atoms with Gasteiger partial charge < -0.3 is 45.4 Å². The molecule has 0 radical (unpaired) electrons. The van der Waals surface area contributed by atoms with Crippen molar-refractivity contribution in [3.63, 3.8) is 0 Å². The molecule has 1 fully saturated rings. The van der Waals surface area contributed by atoms with Crippen LogP contribution >= 0.6 is 0 Å². The van der Waals surface area contributed by atoms with Crippen molar-refractivity contribution < 1.29 is 44.9 Å². The number of hydrogen-bond donors (Lipinski definition) is 7. The van der Waals surface area contributed by atoms with Crippen molar-refractivity contribution in [1.82, 2.24) is 5.32 Å². The lowest BCUT2D eigenvalue weighted by molar-refractivity contribution is -0.302. The molecule has 0 saturated carbocycles. The van der Waals surface area contributed by atoms with Gasteiger partial charge >= 0.3 is 0 Å². The van der Waals surface area contributed by atoms with Gasteiger partial charge in [-0.1, -0.05) is 179 Å². The third kappa shape index (κ3) is 25.0. The third-order valence-corrected chi connectivity index (χ3v) is 10.6. The van der Waals surface area contributed by atoms with E-state index < -0.39 is 61.5 Å². The van der Waals surface area contributed by atoms with Crippen LogP contribution in [0.25, 0.3) is 0 Å². The van der Waals surface area contributed by atoms with E-state index in [1.807, 2.05) is 6.08 Å². The molecule has 0 aliphatic carbocycles. The molecule has 1 aliphatic heterocycles. The Morgan fingerprint density at radius 2 is 1.09 bits per heavy atom. The number of aliphatic hydroxyl groups is 6. The highest BCUT2D eigenvalue weighted by Crippen LogP contribution is 2.22. The summed E-state index contributed by atoms with van der Waals surface area (Å²) >= 11 is 0. The van der Waals surface area contributed by atoms with E-state index in [0.29, 0.717) is 19.3 Å². The second kappa shape index (κ2) is 34.8. The fourth-order valence-electron chi connectivity index (χ4n) is 6.94. The lowest BCUT2D eigenvalue weighted by atomic mass is 9.99. The van der Waals surface area contributed by atoms with Crippen LogP contribution in [0.4, 0.5) is 0 Å². The summed E-state index contributed by atoms with van der Waals surface area (Å²) in [6.07, 6.45) is 29.8. The number of carbonyl (C=O) groups is 1. The van der Waals surface area contributed by atoms with Gasteiger partial charge in [0.15, 0.2) is 6.29 Å². The largest absolute Gasteiger partial charge is 0.394 e. The number of carbonyl (C=O) groups excluding carboxylic acids is 1. The monoisotopic (exact) mass is 770 g/mol. The molecule has 1 rings (SSSR count). The number of rotatable bonds is 36. The minimum absolute atomic E-state index is 0.307. The van der Waals surface area contributed by atoms with Crippen LogP contribution in [0.2, 0.25) is 0 Å². The Balaban J connectivity index is 2.47. The van der Waals surface area contributed by atoms with Gasteiger partial charge in [0, 0.05) is 0 Å². The molecule has 1 aliphatic rings. The summed E-state index contributed by atoms with van der Waals surface area (Å²) in [7, 11) is 0. The molecular weight excluding hydrogens is 686 g/mol. The van der Waals surface area contributed by atoms with Gasteiger partial charge in [-0.15, -0.1) is 0 Å². The Labute approximate surface area is 329 Å². The maximum atomic E-state index is 13.0. The number of allylic oxidation sites excluding steroid dienone is 3. The van der Waals surface area contributed by atoms with Gasteiger partial charge in [-0.05, 0) is 32.1 Å². The molecule has 10 heteroatoms. The summed E-state index contributed by atoms with van der Waals surface area (Å²) in [5, 5.41) is 64.5. The zero-order valence-electron chi connectivity index (χ0n) is 34.3. The zero-order chi connectivity index (χ0) is 39.7. The van der Waals surface area contributed by atoms with E-state index in [1.54, 1.807) is 6.08 Å². The molecule has 0 aromatic rings. The first-order valence-corrected chi connectivity index (χ1v) is 22.2. The van der Waals surface area contributed by atoms with Crippen molar-refractivity contribution in [3.8, 4) is 0 Å². The lowest BCUT2D eigenvalue weighted by Crippen LogP contribution is -2.60. The summed E-state index contributed by atoms with van der Waals surface area (Å²) in [6, 6.07) is -0.991. The molecule has 10 nitrogen and oxygen atoms in total. The number of hydrogen-bond acceptors (Lipinski definition) is 9. The number of ether oxygens (including phenoxy) is 2. The number of unbranched alkanes of at least 4 members (excludes halogenated alkanes) is 23. The van der Waals surface area contributed by atoms with Crippen LogP contribution in [-0.2, 0) is 14.3 Å². The summed E-state index contributed by atoms with van der Waals surface area (Å²) in [6.45, 7) is 3.57. The maximum absolute atomic E-state index is 13.0. The second-order valence-corrected chi connectivity index (χ2v) is 15.6. The second-order valence-electron chi connectivity index (χ2n) is 15.6. The highest BCUT2D eigenvalue weighted by molar-refractivity contribution is 5.80. The van der Waals surface area contributed by atoms with E-state index in [1.165, 1.54) is 122 Å². The minimum atomic E-state index is -1.61. The van der Waals surface area contributed by atoms with Gasteiger partial charge in [0.1, 0.15) is 30.5 Å². The highest BCUT2D eigenvalue weighted by Gasteiger charge is 2.44. The van der Waals surface area contributed by atoms with Crippen molar-refractivity contribution in [2.75, 3.05) is 13.2 Å². The summed E-state index contributed by atoms with van der Waals surface area (Å²) in [4.78, 5) is 13.0. The Morgan fingerprint density at radius 1 is 0.630 bits per heavy atom. The van der Waals surface area contributed by atoms with Crippen molar-refractivity contribution >= 4 is 5.91 Å². The van der Waals surface area contributed by atoms with Crippen LogP contribution in [0.15, 0.2) is 24.3 Å². The van der Waals surface area contributed by atoms with Crippen LogP contribution < -0.4 is 5.32 Å². The van der Waals surface area contributed by atoms with Gasteiger partial charge in [0.05, 0.1) is 25.4 Å². The molecule has 0 aromatic carbocycles. The first kappa shape index (κ1) is 50.6. The molecule has 7 N–H and O–H groups in total. The molecule has 0 bridgehead atoms. The standard InChI is InChI=1S/C44H83NO9/c1-3-5-7-9-11-13-15-17-18-19-20-21-23-24-26-28-30-32-37(47)36(35-53-44-42(51)41(50)40(49)39(34-46)54-44)45-43(52)38(48)33-31-29-27-25-22-16-14-12-10-8-6-4-2/h23-24,30,32,36-42,44,46-51H,3-22,25-29,31,33-35H2,1-2H3,(H,45,52)/b24-23+,32-30+. The fourth-order valence-corrected chi connectivity index (χ4v) is 6.94. The van der Waals surface area contributed by atoms with Crippen molar-refractivity contribution in [1.29, 1.82) is 0 Å². The maximum Gasteiger partial charge on any atom is 0.249 e. The van der Waals surface area contributed by atoms with Gasteiger partial charge in [-0.25, -0.2) is 0 Å². The molecular formula is C44H83NO9. The van der Waals surface area contributed by atoms with Crippen LogP contribution in [0.3, 0.4) is 0 Å². The van der Waals surface area contributed by atoms with Gasteiger partial charge in [-0.3, -0.25) is 4.79 Å². The fraction of sp³-hybridized carbons (Fsp3) is 0.886. The Kier molecular flexibility index (Phi) is 32.7. The summed E-state index contributed by atoms with van der Waals surface area (Å²) in [5.41, 5.74) is 0. The van der Waals surface area contributed by atoms with E-state index in [-0.39, 0.29) is 6.61 Å². The summed E-state index contributed by atoms with van der Waals surface area (Å²) < 4.78 is 11.1. The third-order valence-electron chi connectivity index (χ3n) is 10.6. The van der Waals surface area contributed by atoms with Crippen LogP contribution in [-0.4, -0.2) is 98.7 Å². The predicted octanol–water partition coefficient (Wildman–Crippen LogP) is 7.69. The van der Waals surface area contributed by atoms with Gasteiger partial charge in [-0.2, -0.15) is 0 Å². The van der Waals surface area contributed by atoms with E-state index in [0.717, 1.165) is 32.1 Å². The molecule has 54 heavy (non-hydrogen) atoms. The smallest absolute Gasteiger partial charge is 0.249 e. The van der Waals surface area contributed by atoms with Gasteiger partial charge in [0.25, 0.3) is 0 Å². The molecule has 318 valence electrons. The first-order valence-electron chi connectivity index (χ1n) is 22.2. The highest BCUT2D eigenvalue weighted by atomic mass is 16.7. The van der Waals surface area contributed by atoms with E-state index in [2.05, 4.69) is 31.3 Å². The lowest BCUT2D eigenvalue weighted by Gasteiger charge is -2.40. The number of nitrogens with one attached hydrogen (secondary N) is 1. The van der Waals surface area contributed by atoms with Crippen LogP contribution in [0, 0.1) is 0 Å². The van der Waals surface area contributed by atoms with Crippen molar-refractivity contribution in [2.24, 2.45) is 0 Å². The van der Waals surface area contributed by atoms with Crippen LogP contribution in [0.1, 0.15) is 187 Å². The van der Waals surface area contributed by atoms with Gasteiger partial charge in [0.2, 0.25) is 5.91 Å². The number of aliphatic hydroxyl groups excluding tert-OH is 6. The van der Waals surface area contributed by atoms with Crippen molar-refractivity contribution in [2.45, 2.75) is 236 Å². The van der Waals surface area contributed by atoms with Crippen molar-refractivity contribution in [3.05, 3.63) is 24.3 Å². The molecule has 8 atom stereocenters. The Morgan fingerprint density at radius 3 is 1.61 bits per heavy atom. The topological polar surface area (TPSA) is 169 Å². The SMILES string of the molecule is CCCCCCCCCCCCC/C=C/CC/C=C/C(O)C(COC1OC(CO)C(O)C(O)C1O)NC(=O)C(O)CCCCCCCCCCCCCC. The average Bonchev–Trinajstić information content (AvgIpc) is 3.17. The molecule has 1 saturated heterocycles. The zero-order valence-corrected chi connectivity index (χ0v) is 34.3. The quantitative estimate of drug-likeness (QED) is 0.0250. The molecule has 1 amide bonds. The molecule has 8 unspecified atom stereocenters. The normalized spacial score (nSPS) is 22.3. The van der Waals surface area contributed by atoms with E-state index in [9.17, 15) is 35.4 Å². The minimum Gasteiger partial charge on any atom is -0.394 e.